The standard InChI is InChI=1S/C22H41N/c1-10-21(23)14-20(9,11-15(21)2)22(13-19(8)12-16(19)22)18(6,7)17(3,4)5/h15-16H,10-14,23H2,1-9H3. The molecule has 0 amide bonds. The summed E-state index contributed by atoms with van der Waals surface area (Å²) < 4.78 is 0. The Hall–Kier alpha value is -0.0400. The minimum Gasteiger partial charge on any atom is -0.325 e. The monoisotopic (exact) mass is 319 g/mol. The van der Waals surface area contributed by atoms with Crippen molar-refractivity contribution in [2.24, 2.45) is 44.6 Å². The van der Waals surface area contributed by atoms with Crippen LogP contribution in [0.25, 0.3) is 0 Å². The molecule has 6 atom stereocenters. The van der Waals surface area contributed by atoms with Gasteiger partial charge in [-0.3, -0.25) is 0 Å². The summed E-state index contributed by atoms with van der Waals surface area (Å²) in [6.07, 6.45) is 6.56. The van der Waals surface area contributed by atoms with E-state index >= 15 is 0 Å². The summed E-state index contributed by atoms with van der Waals surface area (Å²) in [7, 11) is 0. The van der Waals surface area contributed by atoms with Gasteiger partial charge in [-0.1, -0.05) is 62.3 Å². The molecular weight excluding hydrogens is 278 g/mol. The van der Waals surface area contributed by atoms with Crippen LogP contribution in [0.2, 0.25) is 0 Å². The number of fused-ring (bicyclic) bond motifs is 1. The van der Waals surface area contributed by atoms with Crippen LogP contribution in [-0.2, 0) is 0 Å². The summed E-state index contributed by atoms with van der Waals surface area (Å²) in [4.78, 5) is 0. The average molecular weight is 320 g/mol. The zero-order chi connectivity index (χ0) is 17.7. The van der Waals surface area contributed by atoms with Gasteiger partial charge in [0.15, 0.2) is 0 Å². The van der Waals surface area contributed by atoms with Gasteiger partial charge in [0.1, 0.15) is 0 Å². The Labute approximate surface area is 145 Å². The van der Waals surface area contributed by atoms with Crippen LogP contribution < -0.4 is 5.73 Å². The number of nitrogens with two attached hydrogens (primary N) is 1. The lowest BCUT2D eigenvalue weighted by molar-refractivity contribution is -0.199. The van der Waals surface area contributed by atoms with Gasteiger partial charge in [0.05, 0.1) is 0 Å². The molecule has 134 valence electrons. The molecule has 0 spiro atoms. The highest BCUT2D eigenvalue weighted by Crippen LogP contribution is 2.88. The molecule has 0 aromatic rings. The summed E-state index contributed by atoms with van der Waals surface area (Å²) in [6.45, 7) is 22.4. The zero-order valence-electron chi connectivity index (χ0n) is 17.3. The smallest absolute Gasteiger partial charge is 0.0183 e. The minimum absolute atomic E-state index is 0.0522. The molecule has 3 saturated carbocycles. The van der Waals surface area contributed by atoms with Crippen LogP contribution in [0.15, 0.2) is 0 Å². The fourth-order valence-corrected chi connectivity index (χ4v) is 7.38. The molecule has 0 aromatic heterocycles. The Morgan fingerprint density at radius 3 is 1.87 bits per heavy atom. The third-order valence-electron chi connectivity index (χ3n) is 9.81. The van der Waals surface area contributed by atoms with Crippen molar-refractivity contribution in [3.8, 4) is 0 Å². The normalized spacial score (nSPS) is 53.0. The lowest BCUT2D eigenvalue weighted by Gasteiger charge is -2.68. The molecule has 0 aromatic carbocycles. The molecule has 2 N–H and O–H groups in total. The van der Waals surface area contributed by atoms with E-state index in [1.165, 1.54) is 25.7 Å². The number of hydrogen-bond acceptors (Lipinski definition) is 1. The van der Waals surface area contributed by atoms with Gasteiger partial charge in [-0.05, 0) is 71.0 Å². The molecule has 0 radical (unpaired) electrons. The molecule has 6 unspecified atom stereocenters. The van der Waals surface area contributed by atoms with E-state index in [-0.39, 0.29) is 5.54 Å². The van der Waals surface area contributed by atoms with Crippen LogP contribution >= 0.6 is 0 Å². The topological polar surface area (TPSA) is 26.0 Å². The van der Waals surface area contributed by atoms with Gasteiger partial charge in [0.25, 0.3) is 0 Å². The van der Waals surface area contributed by atoms with Crippen molar-refractivity contribution < 1.29 is 0 Å². The average Bonchev–Trinajstić information content (AvgIpc) is 2.82. The molecule has 3 aliphatic rings. The Morgan fingerprint density at radius 2 is 1.57 bits per heavy atom. The minimum atomic E-state index is 0.0522. The fourth-order valence-electron chi connectivity index (χ4n) is 7.38. The maximum atomic E-state index is 6.90. The second-order valence-corrected chi connectivity index (χ2v) is 11.9. The SMILES string of the molecule is CCC1(N)CC(C)(C2(C(C)(C)C(C)(C)C)CC3(C)CC32)CC1C. The third kappa shape index (κ3) is 1.89. The Balaban J connectivity index is 2.06. The van der Waals surface area contributed by atoms with Gasteiger partial charge < -0.3 is 5.73 Å². The van der Waals surface area contributed by atoms with Gasteiger partial charge in [0, 0.05) is 5.54 Å². The van der Waals surface area contributed by atoms with Crippen LogP contribution in [0.1, 0.15) is 94.4 Å². The molecule has 3 aliphatic carbocycles. The summed E-state index contributed by atoms with van der Waals surface area (Å²) in [5.41, 5.74) is 9.14. The van der Waals surface area contributed by atoms with Crippen molar-refractivity contribution in [1.29, 1.82) is 0 Å². The molecule has 0 heterocycles. The molecule has 3 rings (SSSR count). The van der Waals surface area contributed by atoms with Crippen LogP contribution in [-0.4, -0.2) is 5.54 Å². The van der Waals surface area contributed by atoms with E-state index in [1.807, 2.05) is 0 Å². The molecule has 0 aliphatic heterocycles. The van der Waals surface area contributed by atoms with Crippen LogP contribution in [0, 0.1) is 38.9 Å². The summed E-state index contributed by atoms with van der Waals surface area (Å²) >= 11 is 0. The highest BCUT2D eigenvalue weighted by atomic mass is 14.9. The van der Waals surface area contributed by atoms with Gasteiger partial charge in [-0.2, -0.15) is 0 Å². The van der Waals surface area contributed by atoms with E-state index in [1.54, 1.807) is 0 Å². The summed E-state index contributed by atoms with van der Waals surface area (Å²) in [5.74, 6) is 1.58. The third-order valence-corrected chi connectivity index (χ3v) is 9.81. The van der Waals surface area contributed by atoms with E-state index in [0.717, 1.165) is 12.3 Å². The van der Waals surface area contributed by atoms with Crippen molar-refractivity contribution >= 4 is 0 Å². The largest absolute Gasteiger partial charge is 0.325 e. The first-order valence-electron chi connectivity index (χ1n) is 9.98. The lowest BCUT2D eigenvalue weighted by atomic mass is 9.36. The summed E-state index contributed by atoms with van der Waals surface area (Å²) in [5, 5.41) is 0. The lowest BCUT2D eigenvalue weighted by Crippen LogP contribution is -2.62. The second kappa shape index (κ2) is 4.37. The quantitative estimate of drug-likeness (QED) is 0.676. The first-order valence-corrected chi connectivity index (χ1v) is 9.98. The van der Waals surface area contributed by atoms with Crippen molar-refractivity contribution in [3.63, 3.8) is 0 Å². The van der Waals surface area contributed by atoms with Gasteiger partial charge in [0.2, 0.25) is 0 Å². The predicted molar refractivity (Wildman–Crippen MR) is 100 cm³/mol. The van der Waals surface area contributed by atoms with Gasteiger partial charge in [-0.25, -0.2) is 0 Å². The van der Waals surface area contributed by atoms with Crippen molar-refractivity contribution in [2.45, 2.75) is 100.0 Å². The highest BCUT2D eigenvalue weighted by Gasteiger charge is 2.82. The van der Waals surface area contributed by atoms with Gasteiger partial charge in [-0.15, -0.1) is 0 Å². The van der Waals surface area contributed by atoms with E-state index in [0.29, 0.717) is 33.0 Å². The van der Waals surface area contributed by atoms with E-state index in [4.69, 9.17) is 5.73 Å². The van der Waals surface area contributed by atoms with Crippen LogP contribution in [0.3, 0.4) is 0 Å². The predicted octanol–water partition coefficient (Wildman–Crippen LogP) is 6.02. The van der Waals surface area contributed by atoms with E-state index in [2.05, 4.69) is 62.3 Å². The molecular formula is C22H41N. The first kappa shape index (κ1) is 17.8. The van der Waals surface area contributed by atoms with Crippen molar-refractivity contribution in [2.75, 3.05) is 0 Å². The second-order valence-electron chi connectivity index (χ2n) is 11.9. The zero-order valence-corrected chi connectivity index (χ0v) is 17.3. The summed E-state index contributed by atoms with van der Waals surface area (Å²) in [6, 6.07) is 0. The van der Waals surface area contributed by atoms with Crippen LogP contribution in [0.4, 0.5) is 0 Å². The Bertz CT molecular complexity index is 515. The molecule has 0 bridgehead atoms. The Morgan fingerprint density at radius 1 is 1.00 bits per heavy atom. The first-order chi connectivity index (χ1) is 10.2. The molecule has 1 nitrogen and oxygen atoms in total. The maximum absolute atomic E-state index is 6.90. The highest BCUT2D eigenvalue weighted by molar-refractivity contribution is 5.30. The van der Waals surface area contributed by atoms with Gasteiger partial charge >= 0.3 is 0 Å². The Kier molecular flexibility index (Phi) is 3.38. The number of rotatable bonds is 3. The molecule has 0 saturated heterocycles. The molecule has 23 heavy (non-hydrogen) atoms. The maximum Gasteiger partial charge on any atom is 0.0183 e. The van der Waals surface area contributed by atoms with Crippen molar-refractivity contribution in [1.82, 2.24) is 0 Å². The number of hydrogen-bond donors (Lipinski definition) is 1. The molecule has 3 fully saturated rings. The fraction of sp³-hybridized carbons (Fsp3) is 1.00. The molecule has 1 heteroatoms. The van der Waals surface area contributed by atoms with E-state index < -0.39 is 0 Å². The van der Waals surface area contributed by atoms with Crippen molar-refractivity contribution in [3.05, 3.63) is 0 Å². The van der Waals surface area contributed by atoms with E-state index in [9.17, 15) is 0 Å². The van der Waals surface area contributed by atoms with Crippen LogP contribution in [0.5, 0.6) is 0 Å².